The summed E-state index contributed by atoms with van der Waals surface area (Å²) in [5.74, 6) is -0.473. The van der Waals surface area contributed by atoms with Gasteiger partial charge in [-0.25, -0.2) is 4.98 Å². The summed E-state index contributed by atoms with van der Waals surface area (Å²) in [5.41, 5.74) is 2.41. The van der Waals surface area contributed by atoms with Gasteiger partial charge in [-0.2, -0.15) is 0 Å². The molecule has 4 aromatic rings. The zero-order valence-corrected chi connectivity index (χ0v) is 22.4. The van der Waals surface area contributed by atoms with E-state index in [-0.39, 0.29) is 29.1 Å². The van der Waals surface area contributed by atoms with Crippen LogP contribution in [-0.4, -0.2) is 54.3 Å². The van der Waals surface area contributed by atoms with Gasteiger partial charge >= 0.3 is 0 Å². The van der Waals surface area contributed by atoms with Gasteiger partial charge in [0.05, 0.1) is 25.3 Å². The van der Waals surface area contributed by atoms with Crippen LogP contribution in [-0.2, 0) is 6.42 Å². The summed E-state index contributed by atoms with van der Waals surface area (Å²) in [7, 11) is 3.09. The molecule has 2 N–H and O–H groups in total. The molecule has 11 heteroatoms. The maximum absolute atomic E-state index is 13.1. The highest BCUT2D eigenvalue weighted by atomic mass is 32.1. The number of methoxy groups -OCH3 is 2. The van der Waals surface area contributed by atoms with E-state index in [1.807, 2.05) is 6.07 Å². The molecule has 10 nitrogen and oxygen atoms in total. The van der Waals surface area contributed by atoms with Gasteiger partial charge in [0.15, 0.2) is 16.6 Å². The summed E-state index contributed by atoms with van der Waals surface area (Å²) in [5, 5.41) is 7.70. The van der Waals surface area contributed by atoms with E-state index >= 15 is 0 Å². The lowest BCUT2D eigenvalue weighted by atomic mass is 10.1. The van der Waals surface area contributed by atoms with Crippen LogP contribution >= 0.6 is 11.3 Å². The van der Waals surface area contributed by atoms with Crippen LogP contribution in [0.25, 0.3) is 0 Å². The molecule has 0 atom stereocenters. The Morgan fingerprint density at radius 2 is 1.52 bits per heavy atom. The number of rotatable bonds is 9. The Hall–Kier alpha value is -5.03. The Kier molecular flexibility index (Phi) is 7.56. The molecule has 1 aromatic heterocycles. The van der Waals surface area contributed by atoms with E-state index in [1.165, 1.54) is 34.4 Å². The topological polar surface area (TPSA) is 127 Å². The zero-order valence-electron chi connectivity index (χ0n) is 21.6. The molecule has 0 radical (unpaired) electrons. The number of carbonyl (C=O) groups excluding carboxylic acids is 4. The van der Waals surface area contributed by atoms with E-state index < -0.39 is 17.7 Å². The number of amides is 4. The first kappa shape index (κ1) is 26.6. The summed E-state index contributed by atoms with van der Waals surface area (Å²) in [4.78, 5) is 56.5. The van der Waals surface area contributed by atoms with Gasteiger partial charge < -0.3 is 14.8 Å². The molecule has 0 fully saturated rings. The quantitative estimate of drug-likeness (QED) is 0.291. The van der Waals surface area contributed by atoms with Crippen LogP contribution in [0.2, 0.25) is 0 Å². The van der Waals surface area contributed by atoms with E-state index in [0.29, 0.717) is 34.3 Å². The molecule has 0 saturated carbocycles. The van der Waals surface area contributed by atoms with Crippen LogP contribution in [0, 0.1) is 0 Å². The van der Waals surface area contributed by atoms with Crippen molar-refractivity contribution in [2.24, 2.45) is 0 Å². The van der Waals surface area contributed by atoms with Crippen molar-refractivity contribution in [1.29, 1.82) is 0 Å². The maximum atomic E-state index is 13.1. The molecule has 1 aliphatic rings. The summed E-state index contributed by atoms with van der Waals surface area (Å²) < 4.78 is 10.6. The highest BCUT2D eigenvalue weighted by Gasteiger charge is 2.35. The fraction of sp³-hybridized carbons (Fsp3) is 0.138. The van der Waals surface area contributed by atoms with Crippen molar-refractivity contribution < 1.29 is 28.7 Å². The van der Waals surface area contributed by atoms with Gasteiger partial charge in [0.25, 0.3) is 23.6 Å². The van der Waals surface area contributed by atoms with Crippen LogP contribution in [0.5, 0.6) is 11.5 Å². The average molecular weight is 557 g/mol. The Morgan fingerprint density at radius 1 is 0.825 bits per heavy atom. The molecular formula is C29H24N4O6S. The van der Waals surface area contributed by atoms with E-state index in [2.05, 4.69) is 15.6 Å². The molecule has 40 heavy (non-hydrogen) atoms. The molecule has 4 amide bonds. The number of benzene rings is 3. The smallest absolute Gasteiger partial charge is 0.261 e. The number of fused-ring (bicyclic) bond motifs is 1. The molecule has 0 aliphatic carbocycles. The first-order valence-corrected chi connectivity index (χ1v) is 13.1. The Bertz CT molecular complexity index is 1600. The summed E-state index contributed by atoms with van der Waals surface area (Å²) in [6, 6.07) is 16.2. The number of imide groups is 1. The number of nitrogens with zero attached hydrogens (tertiary/aromatic N) is 2. The van der Waals surface area contributed by atoms with Crippen LogP contribution in [0.3, 0.4) is 0 Å². The molecule has 3 aromatic carbocycles. The summed E-state index contributed by atoms with van der Waals surface area (Å²) >= 11 is 1.31. The number of thiazole rings is 1. The molecule has 0 saturated heterocycles. The Labute approximate surface area is 233 Å². The minimum absolute atomic E-state index is 0.172. The number of nitrogens with one attached hydrogen (secondary N) is 2. The van der Waals surface area contributed by atoms with Gasteiger partial charge in [0.2, 0.25) is 0 Å². The summed E-state index contributed by atoms with van der Waals surface area (Å²) in [6.45, 7) is 0.172. The van der Waals surface area contributed by atoms with Crippen molar-refractivity contribution in [3.05, 3.63) is 100 Å². The van der Waals surface area contributed by atoms with Crippen LogP contribution in [0.1, 0.15) is 47.0 Å². The standard InChI is InChI=1S/C29H24N4O6S/c1-38-23-10-3-17(15-24(23)39-2)11-13-33-27(36)21-9-6-19(16-22(21)28(33)37)26(35)31-20-7-4-18(5-8-20)25(34)32-29-30-12-14-40-29/h3-10,12,14-16H,11,13H2,1-2H3,(H,31,35)(H,30,32,34). The molecular weight excluding hydrogens is 532 g/mol. The normalized spacial score (nSPS) is 12.2. The lowest BCUT2D eigenvalue weighted by Crippen LogP contribution is -2.31. The minimum atomic E-state index is -0.453. The molecule has 2 heterocycles. The second-order valence-electron chi connectivity index (χ2n) is 8.78. The van der Waals surface area contributed by atoms with Crippen LogP contribution in [0.4, 0.5) is 10.8 Å². The number of hydrogen-bond acceptors (Lipinski definition) is 8. The largest absolute Gasteiger partial charge is 0.493 e. The number of aromatic nitrogens is 1. The van der Waals surface area contributed by atoms with Crippen molar-refractivity contribution in [3.8, 4) is 11.5 Å². The van der Waals surface area contributed by atoms with Crippen LogP contribution in [0.15, 0.2) is 72.2 Å². The van der Waals surface area contributed by atoms with Gasteiger partial charge in [0, 0.05) is 34.9 Å². The van der Waals surface area contributed by atoms with Crippen molar-refractivity contribution in [2.45, 2.75) is 6.42 Å². The van der Waals surface area contributed by atoms with Crippen LogP contribution < -0.4 is 20.1 Å². The van der Waals surface area contributed by atoms with E-state index in [4.69, 9.17) is 9.47 Å². The zero-order chi connectivity index (χ0) is 28.2. The van der Waals surface area contributed by atoms with Crippen molar-refractivity contribution in [1.82, 2.24) is 9.88 Å². The highest BCUT2D eigenvalue weighted by Crippen LogP contribution is 2.29. The maximum Gasteiger partial charge on any atom is 0.261 e. The third kappa shape index (κ3) is 5.40. The minimum Gasteiger partial charge on any atom is -0.493 e. The number of hydrogen-bond donors (Lipinski definition) is 2. The van der Waals surface area contributed by atoms with Gasteiger partial charge in [-0.05, 0) is 66.6 Å². The second kappa shape index (κ2) is 11.4. The van der Waals surface area contributed by atoms with Gasteiger partial charge in [-0.3, -0.25) is 29.4 Å². The summed E-state index contributed by atoms with van der Waals surface area (Å²) in [6.07, 6.45) is 2.02. The predicted molar refractivity (Wildman–Crippen MR) is 150 cm³/mol. The number of carbonyl (C=O) groups is 4. The van der Waals surface area contributed by atoms with E-state index in [0.717, 1.165) is 5.56 Å². The van der Waals surface area contributed by atoms with Gasteiger partial charge in [0.1, 0.15) is 0 Å². The molecule has 0 unspecified atom stereocenters. The second-order valence-corrected chi connectivity index (χ2v) is 9.68. The molecule has 5 rings (SSSR count). The number of anilines is 2. The van der Waals surface area contributed by atoms with E-state index in [1.54, 1.807) is 62.2 Å². The lowest BCUT2D eigenvalue weighted by Gasteiger charge is -2.14. The average Bonchev–Trinajstić information content (AvgIpc) is 3.57. The fourth-order valence-corrected chi connectivity index (χ4v) is 4.80. The van der Waals surface area contributed by atoms with Crippen molar-refractivity contribution >= 4 is 45.8 Å². The molecule has 1 aliphatic heterocycles. The molecule has 0 bridgehead atoms. The first-order chi connectivity index (χ1) is 19.4. The molecule has 0 spiro atoms. The van der Waals surface area contributed by atoms with E-state index in [9.17, 15) is 19.2 Å². The van der Waals surface area contributed by atoms with Gasteiger partial charge in [-0.1, -0.05) is 6.07 Å². The fourth-order valence-electron chi connectivity index (χ4n) is 4.27. The SMILES string of the molecule is COc1ccc(CCN2C(=O)c3ccc(C(=O)Nc4ccc(C(=O)Nc5nccs5)cc4)cc3C2=O)cc1OC. The lowest BCUT2D eigenvalue weighted by molar-refractivity contribution is 0.0655. The first-order valence-electron chi connectivity index (χ1n) is 12.2. The monoisotopic (exact) mass is 556 g/mol. The Balaban J connectivity index is 1.23. The third-order valence-electron chi connectivity index (χ3n) is 6.36. The highest BCUT2D eigenvalue weighted by molar-refractivity contribution is 7.13. The Morgan fingerprint density at radius 3 is 2.23 bits per heavy atom. The van der Waals surface area contributed by atoms with Crippen molar-refractivity contribution in [3.63, 3.8) is 0 Å². The van der Waals surface area contributed by atoms with Crippen molar-refractivity contribution in [2.75, 3.05) is 31.4 Å². The third-order valence-corrected chi connectivity index (χ3v) is 7.05. The van der Waals surface area contributed by atoms with Gasteiger partial charge in [-0.15, -0.1) is 11.3 Å². The number of ether oxygens (including phenoxy) is 2. The molecule has 202 valence electrons. The predicted octanol–water partition coefficient (Wildman–Crippen LogP) is 4.50.